The van der Waals surface area contributed by atoms with Crippen molar-refractivity contribution in [2.24, 2.45) is 11.8 Å². The van der Waals surface area contributed by atoms with Crippen LogP contribution in [0.3, 0.4) is 0 Å². The molecule has 2 aliphatic rings. The molecule has 1 aliphatic heterocycles. The highest BCUT2D eigenvalue weighted by atomic mass is 35.5. The van der Waals surface area contributed by atoms with Crippen LogP contribution in [0.1, 0.15) is 37.7 Å². The minimum atomic E-state index is 0. The highest BCUT2D eigenvalue weighted by Crippen LogP contribution is 2.29. The van der Waals surface area contributed by atoms with Gasteiger partial charge in [-0.05, 0) is 50.1 Å². The van der Waals surface area contributed by atoms with Crippen molar-refractivity contribution in [3.8, 4) is 0 Å². The molecule has 3 unspecified atom stereocenters. The van der Waals surface area contributed by atoms with Crippen molar-refractivity contribution in [2.45, 2.75) is 44.6 Å². The van der Waals surface area contributed by atoms with E-state index in [2.05, 4.69) is 41.0 Å². The first-order valence-electron chi connectivity index (χ1n) is 8.38. The zero-order valence-corrected chi connectivity index (χ0v) is 13.9. The third kappa shape index (κ3) is 4.47. The third-order valence-corrected chi connectivity index (χ3v) is 5.00. The van der Waals surface area contributed by atoms with E-state index in [-0.39, 0.29) is 24.2 Å². The predicted molar refractivity (Wildman–Crippen MR) is 92.3 cm³/mol. The van der Waals surface area contributed by atoms with E-state index in [4.69, 9.17) is 0 Å². The maximum absolute atomic E-state index is 12.4. The van der Waals surface area contributed by atoms with Crippen molar-refractivity contribution >= 4 is 18.3 Å². The summed E-state index contributed by atoms with van der Waals surface area (Å²) in [7, 11) is 0. The van der Waals surface area contributed by atoms with E-state index in [1.807, 2.05) is 0 Å². The second-order valence-corrected chi connectivity index (χ2v) is 6.54. The van der Waals surface area contributed by atoms with Crippen LogP contribution in [0.4, 0.5) is 0 Å². The largest absolute Gasteiger partial charge is 0.353 e. The Hall–Kier alpha value is -1.06. The summed E-state index contributed by atoms with van der Waals surface area (Å²) in [5, 5.41) is 6.67. The number of carbonyl (C=O) groups excluding carboxylic acids is 1. The van der Waals surface area contributed by atoms with Crippen LogP contribution >= 0.6 is 12.4 Å². The smallest absolute Gasteiger partial charge is 0.224 e. The van der Waals surface area contributed by atoms with E-state index in [1.54, 1.807) is 0 Å². The number of hydrogen-bond acceptors (Lipinski definition) is 2. The second-order valence-electron chi connectivity index (χ2n) is 6.54. The van der Waals surface area contributed by atoms with E-state index >= 15 is 0 Å². The van der Waals surface area contributed by atoms with Crippen LogP contribution in [-0.2, 0) is 11.2 Å². The minimum Gasteiger partial charge on any atom is -0.353 e. The Labute approximate surface area is 139 Å². The Morgan fingerprint density at radius 3 is 2.68 bits per heavy atom. The summed E-state index contributed by atoms with van der Waals surface area (Å²) in [6.07, 6.45) is 6.87. The zero-order valence-electron chi connectivity index (χ0n) is 13.1. The molecule has 122 valence electrons. The molecule has 1 aliphatic carbocycles. The van der Waals surface area contributed by atoms with E-state index in [0.717, 1.165) is 38.8 Å². The highest BCUT2D eigenvalue weighted by molar-refractivity contribution is 5.85. The molecule has 1 amide bonds. The molecule has 0 bridgehead atoms. The van der Waals surface area contributed by atoms with Gasteiger partial charge in [0, 0.05) is 12.6 Å². The van der Waals surface area contributed by atoms with E-state index < -0.39 is 0 Å². The van der Waals surface area contributed by atoms with Crippen molar-refractivity contribution in [1.29, 1.82) is 0 Å². The van der Waals surface area contributed by atoms with Crippen LogP contribution in [0.2, 0.25) is 0 Å². The molecular weight excluding hydrogens is 296 g/mol. The van der Waals surface area contributed by atoms with Gasteiger partial charge < -0.3 is 10.6 Å². The van der Waals surface area contributed by atoms with Crippen molar-refractivity contribution in [1.82, 2.24) is 10.6 Å². The van der Waals surface area contributed by atoms with Gasteiger partial charge in [-0.1, -0.05) is 36.8 Å². The minimum absolute atomic E-state index is 0. The molecule has 3 rings (SSSR count). The summed E-state index contributed by atoms with van der Waals surface area (Å²) >= 11 is 0. The fraction of sp³-hybridized carbons (Fsp3) is 0.611. The monoisotopic (exact) mass is 322 g/mol. The number of piperidine rings is 1. The number of carbonyl (C=O) groups is 1. The number of amides is 1. The Bertz CT molecular complexity index is 459. The first-order valence-corrected chi connectivity index (χ1v) is 8.38. The maximum atomic E-state index is 12.4. The van der Waals surface area contributed by atoms with Crippen LogP contribution in [0.25, 0.3) is 0 Å². The van der Waals surface area contributed by atoms with Gasteiger partial charge in [0.25, 0.3) is 0 Å². The number of halogens is 1. The van der Waals surface area contributed by atoms with Gasteiger partial charge in [-0.25, -0.2) is 0 Å². The molecule has 1 saturated heterocycles. The summed E-state index contributed by atoms with van der Waals surface area (Å²) in [4.78, 5) is 12.4. The fourth-order valence-electron chi connectivity index (χ4n) is 3.76. The van der Waals surface area contributed by atoms with Gasteiger partial charge in [-0.15, -0.1) is 12.4 Å². The van der Waals surface area contributed by atoms with Gasteiger partial charge in [0.15, 0.2) is 0 Å². The van der Waals surface area contributed by atoms with E-state index in [9.17, 15) is 4.79 Å². The van der Waals surface area contributed by atoms with Crippen LogP contribution in [0.15, 0.2) is 30.3 Å². The Balaban J connectivity index is 0.00000176. The molecule has 3 nitrogen and oxygen atoms in total. The molecular formula is C18H27ClN2O. The quantitative estimate of drug-likeness (QED) is 0.895. The van der Waals surface area contributed by atoms with Gasteiger partial charge >= 0.3 is 0 Å². The molecule has 0 spiro atoms. The van der Waals surface area contributed by atoms with Crippen LogP contribution < -0.4 is 10.6 Å². The van der Waals surface area contributed by atoms with Crippen molar-refractivity contribution in [2.75, 3.05) is 13.1 Å². The van der Waals surface area contributed by atoms with Crippen molar-refractivity contribution in [3.63, 3.8) is 0 Å². The molecule has 0 radical (unpaired) electrons. The molecule has 0 aromatic heterocycles. The summed E-state index contributed by atoms with van der Waals surface area (Å²) in [6, 6.07) is 11.0. The molecule has 4 heteroatoms. The summed E-state index contributed by atoms with van der Waals surface area (Å²) in [5.74, 6) is 1.05. The number of benzene rings is 1. The molecule has 22 heavy (non-hydrogen) atoms. The van der Waals surface area contributed by atoms with Gasteiger partial charge in [-0.2, -0.15) is 0 Å². The van der Waals surface area contributed by atoms with Crippen LogP contribution in [0, 0.1) is 11.8 Å². The van der Waals surface area contributed by atoms with Crippen molar-refractivity contribution < 1.29 is 4.79 Å². The summed E-state index contributed by atoms with van der Waals surface area (Å²) < 4.78 is 0. The molecule has 2 fully saturated rings. The summed E-state index contributed by atoms with van der Waals surface area (Å²) in [6.45, 7) is 1.91. The molecule has 2 N–H and O–H groups in total. The lowest BCUT2D eigenvalue weighted by Crippen LogP contribution is -2.45. The molecule has 1 saturated carbocycles. The molecule has 1 aromatic rings. The number of nitrogens with one attached hydrogen (secondary N) is 2. The third-order valence-electron chi connectivity index (χ3n) is 5.00. The Kier molecular flexibility index (Phi) is 6.71. The molecule has 1 heterocycles. The highest BCUT2D eigenvalue weighted by Gasteiger charge is 2.31. The fourth-order valence-corrected chi connectivity index (χ4v) is 3.76. The predicted octanol–water partition coefficient (Wildman–Crippen LogP) is 2.94. The van der Waals surface area contributed by atoms with Gasteiger partial charge in [0.05, 0.1) is 5.92 Å². The number of hydrogen-bond donors (Lipinski definition) is 2. The zero-order chi connectivity index (χ0) is 14.5. The second kappa shape index (κ2) is 8.54. The maximum Gasteiger partial charge on any atom is 0.224 e. The average molecular weight is 323 g/mol. The molecule has 1 aromatic carbocycles. The van der Waals surface area contributed by atoms with Crippen LogP contribution in [0.5, 0.6) is 0 Å². The average Bonchev–Trinajstić information content (AvgIpc) is 2.96. The SMILES string of the molecule is Cl.O=C(NC1CCCC1Cc1ccccc1)C1CCCNC1. The normalized spacial score (nSPS) is 27.9. The molecule has 3 atom stereocenters. The van der Waals surface area contributed by atoms with Crippen molar-refractivity contribution in [3.05, 3.63) is 35.9 Å². The Morgan fingerprint density at radius 1 is 1.14 bits per heavy atom. The standard InChI is InChI=1S/C18H26N2O.ClH/c21-18(16-9-5-11-19-13-16)20-17-10-4-8-15(17)12-14-6-2-1-3-7-14;/h1-3,6-7,15-17,19H,4-5,8-13H2,(H,20,21);1H. The lowest BCUT2D eigenvalue weighted by Gasteiger charge is -2.26. The van der Waals surface area contributed by atoms with Crippen LogP contribution in [-0.4, -0.2) is 25.0 Å². The first-order chi connectivity index (χ1) is 10.3. The van der Waals surface area contributed by atoms with E-state index in [0.29, 0.717) is 12.0 Å². The lowest BCUT2D eigenvalue weighted by atomic mass is 9.93. The van der Waals surface area contributed by atoms with Gasteiger partial charge in [0.1, 0.15) is 0 Å². The van der Waals surface area contributed by atoms with E-state index in [1.165, 1.54) is 18.4 Å². The summed E-state index contributed by atoms with van der Waals surface area (Å²) in [5.41, 5.74) is 1.39. The van der Waals surface area contributed by atoms with Gasteiger partial charge in [-0.3, -0.25) is 4.79 Å². The lowest BCUT2D eigenvalue weighted by molar-refractivity contribution is -0.126. The first kappa shape index (κ1) is 17.3. The topological polar surface area (TPSA) is 41.1 Å². The van der Waals surface area contributed by atoms with Gasteiger partial charge in [0.2, 0.25) is 5.91 Å². The number of rotatable bonds is 4. The Morgan fingerprint density at radius 2 is 1.95 bits per heavy atom.